The van der Waals surface area contributed by atoms with Gasteiger partial charge in [-0.3, -0.25) is 0 Å². The molecule has 0 bridgehead atoms. The number of amides is 1. The van der Waals surface area contributed by atoms with Crippen molar-refractivity contribution in [2.75, 3.05) is 80.3 Å². The summed E-state index contributed by atoms with van der Waals surface area (Å²) in [6, 6.07) is 6.08. The summed E-state index contributed by atoms with van der Waals surface area (Å²) in [5, 5.41) is 6.84. The number of nitrogens with zero attached hydrogens (tertiary/aromatic N) is 8. The third-order valence-electron chi connectivity index (χ3n) is 8.35. The van der Waals surface area contributed by atoms with E-state index in [1.165, 1.54) is 11.3 Å². The van der Waals surface area contributed by atoms with Gasteiger partial charge >= 0.3 is 6.09 Å². The number of carbonyl (C=O) groups excluding carboxylic acids is 1. The van der Waals surface area contributed by atoms with E-state index in [1.54, 1.807) is 11.2 Å². The van der Waals surface area contributed by atoms with Crippen molar-refractivity contribution >= 4 is 46.1 Å². The fraction of sp³-hybridized carbons (Fsp3) is 0.600. The van der Waals surface area contributed by atoms with Crippen molar-refractivity contribution in [3.63, 3.8) is 0 Å². The third kappa shape index (κ3) is 5.94. The van der Waals surface area contributed by atoms with Crippen LogP contribution in [0.3, 0.4) is 0 Å². The van der Waals surface area contributed by atoms with Crippen LogP contribution in [-0.4, -0.2) is 96.3 Å². The Morgan fingerprint density at radius 2 is 1.71 bits per heavy atom. The maximum atomic E-state index is 12.6. The molecular weight excluding hydrogens is 556 g/mol. The van der Waals surface area contributed by atoms with Gasteiger partial charge in [0.2, 0.25) is 0 Å². The molecule has 11 nitrogen and oxygen atoms in total. The number of aryl methyl sites for hydroxylation is 1. The molecule has 3 fully saturated rings. The Kier molecular flexibility index (Phi) is 8.57. The van der Waals surface area contributed by atoms with E-state index in [2.05, 4.69) is 33.8 Å². The second kappa shape index (κ2) is 12.5. The van der Waals surface area contributed by atoms with Gasteiger partial charge < -0.3 is 29.1 Å². The van der Waals surface area contributed by atoms with E-state index in [-0.39, 0.29) is 12.3 Å². The molecule has 3 saturated heterocycles. The minimum Gasteiger partial charge on any atom is -0.449 e. The van der Waals surface area contributed by atoms with Crippen LogP contribution in [0.2, 0.25) is 5.02 Å². The van der Waals surface area contributed by atoms with Gasteiger partial charge in [-0.2, -0.15) is 0 Å². The molecule has 0 spiro atoms. The number of ether oxygens (including phenoxy) is 2. The zero-order valence-corrected chi connectivity index (χ0v) is 25.6. The SMILES string of the molecule is Cc1ccc(Cl)cc1N1CCN(c2ncnc3c2c(N2CCN(C(=O)OCC(C)C)CC2)nn3C2CCCCO2)CC1. The van der Waals surface area contributed by atoms with Gasteiger partial charge in [0.1, 0.15) is 17.5 Å². The van der Waals surface area contributed by atoms with Crippen molar-refractivity contribution in [3.05, 3.63) is 35.1 Å². The van der Waals surface area contributed by atoms with E-state index in [4.69, 9.17) is 36.1 Å². The van der Waals surface area contributed by atoms with E-state index >= 15 is 0 Å². The van der Waals surface area contributed by atoms with E-state index in [0.717, 1.165) is 79.7 Å². The first-order valence-electron chi connectivity index (χ1n) is 15.2. The minimum absolute atomic E-state index is 0.146. The standard InChI is InChI=1S/C30H41ClN8O3/c1-21(2)19-42-30(40)38-15-13-37(14-16-38)29-26-27(32-20-33-28(26)39(34-29)25-6-4-5-17-41-25)36-11-9-35(10-12-36)24-18-23(31)8-7-22(24)3/h7-8,18,20-21,25H,4-6,9-17,19H2,1-3H3. The number of piperazine rings is 2. The molecule has 5 heterocycles. The predicted molar refractivity (Wildman–Crippen MR) is 165 cm³/mol. The van der Waals surface area contributed by atoms with Crippen LogP contribution in [0.15, 0.2) is 24.5 Å². The quantitative estimate of drug-likeness (QED) is 0.400. The Morgan fingerprint density at radius 3 is 2.43 bits per heavy atom. The summed E-state index contributed by atoms with van der Waals surface area (Å²) in [6.45, 7) is 13.2. The summed E-state index contributed by atoms with van der Waals surface area (Å²) in [6.07, 6.45) is 4.33. The number of hydrogen-bond donors (Lipinski definition) is 0. The highest BCUT2D eigenvalue weighted by molar-refractivity contribution is 6.30. The van der Waals surface area contributed by atoms with E-state index in [9.17, 15) is 4.79 Å². The lowest BCUT2D eigenvalue weighted by Crippen LogP contribution is -2.49. The predicted octanol–water partition coefficient (Wildman–Crippen LogP) is 4.73. The van der Waals surface area contributed by atoms with Gasteiger partial charge in [-0.1, -0.05) is 31.5 Å². The van der Waals surface area contributed by atoms with Crippen LogP contribution in [0.4, 0.5) is 22.1 Å². The van der Waals surface area contributed by atoms with Gasteiger partial charge in [0.25, 0.3) is 0 Å². The zero-order valence-electron chi connectivity index (χ0n) is 24.8. The molecule has 226 valence electrons. The molecule has 1 atom stereocenters. The Labute approximate surface area is 252 Å². The molecule has 6 rings (SSSR count). The third-order valence-corrected chi connectivity index (χ3v) is 8.58. The Hall–Kier alpha value is -3.31. The number of carbonyl (C=O) groups is 1. The largest absolute Gasteiger partial charge is 0.449 e. The Bertz CT molecular complexity index is 1390. The van der Waals surface area contributed by atoms with Gasteiger partial charge in [-0.05, 0) is 49.8 Å². The summed E-state index contributed by atoms with van der Waals surface area (Å²) in [7, 11) is 0. The number of halogens is 1. The molecule has 0 aliphatic carbocycles. The highest BCUT2D eigenvalue weighted by Gasteiger charge is 2.32. The first-order chi connectivity index (χ1) is 20.4. The fourth-order valence-corrected chi connectivity index (χ4v) is 6.20. The zero-order chi connectivity index (χ0) is 29.2. The summed E-state index contributed by atoms with van der Waals surface area (Å²) in [5.41, 5.74) is 3.21. The second-order valence-electron chi connectivity index (χ2n) is 11.8. The highest BCUT2D eigenvalue weighted by atomic mass is 35.5. The van der Waals surface area contributed by atoms with Crippen LogP contribution in [0.1, 0.15) is 44.9 Å². The van der Waals surface area contributed by atoms with Crippen LogP contribution >= 0.6 is 11.6 Å². The van der Waals surface area contributed by atoms with Crippen molar-refractivity contribution in [2.24, 2.45) is 5.92 Å². The summed E-state index contributed by atoms with van der Waals surface area (Å²) >= 11 is 6.33. The number of anilines is 3. The van der Waals surface area contributed by atoms with Gasteiger partial charge in [0.05, 0.1) is 6.61 Å². The molecule has 0 saturated carbocycles. The number of rotatable bonds is 6. The molecule has 12 heteroatoms. The summed E-state index contributed by atoms with van der Waals surface area (Å²) in [5.74, 6) is 2.07. The molecular formula is C30H41ClN8O3. The van der Waals surface area contributed by atoms with E-state index in [1.807, 2.05) is 24.6 Å². The normalized spacial score (nSPS) is 20.1. The lowest BCUT2D eigenvalue weighted by atomic mass is 10.1. The average molecular weight is 597 g/mol. The molecule has 0 N–H and O–H groups in total. The smallest absolute Gasteiger partial charge is 0.409 e. The lowest BCUT2D eigenvalue weighted by Gasteiger charge is -2.38. The van der Waals surface area contributed by atoms with Gasteiger partial charge in [-0.25, -0.2) is 19.4 Å². The molecule has 42 heavy (non-hydrogen) atoms. The van der Waals surface area contributed by atoms with Gasteiger partial charge in [0, 0.05) is 69.7 Å². The Balaban J connectivity index is 1.27. The van der Waals surface area contributed by atoms with Crippen LogP contribution < -0.4 is 14.7 Å². The van der Waals surface area contributed by atoms with Crippen molar-refractivity contribution in [1.29, 1.82) is 0 Å². The highest BCUT2D eigenvalue weighted by Crippen LogP contribution is 2.37. The topological polar surface area (TPSA) is 92.1 Å². The van der Waals surface area contributed by atoms with Crippen LogP contribution in [0.5, 0.6) is 0 Å². The van der Waals surface area contributed by atoms with Gasteiger partial charge in [0.15, 0.2) is 17.7 Å². The lowest BCUT2D eigenvalue weighted by molar-refractivity contribution is -0.0369. The minimum atomic E-state index is -0.244. The monoisotopic (exact) mass is 596 g/mol. The first-order valence-corrected chi connectivity index (χ1v) is 15.5. The Morgan fingerprint density at radius 1 is 1.00 bits per heavy atom. The van der Waals surface area contributed by atoms with E-state index < -0.39 is 0 Å². The number of hydrogen-bond acceptors (Lipinski definition) is 9. The number of benzene rings is 1. The molecule has 1 amide bonds. The van der Waals surface area contributed by atoms with Crippen molar-refractivity contribution in [1.82, 2.24) is 24.6 Å². The van der Waals surface area contributed by atoms with E-state index in [0.29, 0.717) is 38.7 Å². The van der Waals surface area contributed by atoms with Crippen molar-refractivity contribution in [2.45, 2.75) is 46.3 Å². The second-order valence-corrected chi connectivity index (χ2v) is 12.3. The summed E-state index contributed by atoms with van der Waals surface area (Å²) in [4.78, 5) is 31.0. The van der Waals surface area contributed by atoms with Crippen molar-refractivity contribution < 1.29 is 14.3 Å². The molecule has 1 unspecified atom stereocenters. The molecule has 1 aromatic carbocycles. The molecule has 3 aliphatic rings. The van der Waals surface area contributed by atoms with Crippen molar-refractivity contribution in [3.8, 4) is 0 Å². The van der Waals surface area contributed by atoms with Gasteiger partial charge in [-0.15, -0.1) is 5.10 Å². The molecule has 3 aliphatic heterocycles. The maximum Gasteiger partial charge on any atom is 0.409 e. The fourth-order valence-electron chi connectivity index (χ4n) is 6.03. The van der Waals surface area contributed by atoms with Crippen LogP contribution in [0, 0.1) is 12.8 Å². The summed E-state index contributed by atoms with van der Waals surface area (Å²) < 4.78 is 13.6. The molecule has 0 radical (unpaired) electrons. The number of aromatic nitrogens is 4. The van der Waals surface area contributed by atoms with Crippen LogP contribution in [-0.2, 0) is 9.47 Å². The molecule has 3 aromatic rings. The maximum absolute atomic E-state index is 12.6. The average Bonchev–Trinajstić information content (AvgIpc) is 3.42. The molecule has 2 aromatic heterocycles. The van der Waals surface area contributed by atoms with Crippen LogP contribution in [0.25, 0.3) is 11.0 Å². The number of fused-ring (bicyclic) bond motifs is 1. The first kappa shape index (κ1) is 28.8.